The Labute approximate surface area is 113 Å². The molecule has 1 unspecified atom stereocenters. The standard InChI is InChI=1S/C14H15BN2O2/c1-13(2)14(3,11(9-16)10-17)19-15(18-13)12-7-5-4-6-8-12/h4-8,11H,1-3H3. The van der Waals surface area contributed by atoms with Crippen LogP contribution in [0.3, 0.4) is 0 Å². The maximum Gasteiger partial charge on any atom is 0.494 e. The van der Waals surface area contributed by atoms with Crippen molar-refractivity contribution in [3.63, 3.8) is 0 Å². The van der Waals surface area contributed by atoms with Gasteiger partial charge in [-0.1, -0.05) is 30.3 Å². The normalized spacial score (nSPS) is 25.1. The fraction of sp³-hybridized carbons (Fsp3) is 0.429. The summed E-state index contributed by atoms with van der Waals surface area (Å²) in [6.07, 6.45) is 0. The molecule has 2 rings (SSSR count). The van der Waals surface area contributed by atoms with Gasteiger partial charge in [-0.15, -0.1) is 0 Å². The number of nitriles is 2. The Balaban J connectivity index is 2.35. The van der Waals surface area contributed by atoms with Gasteiger partial charge in [0.15, 0.2) is 5.92 Å². The third-order valence-electron chi connectivity index (χ3n) is 3.83. The van der Waals surface area contributed by atoms with Gasteiger partial charge in [0.25, 0.3) is 0 Å². The van der Waals surface area contributed by atoms with Crippen LogP contribution in [0, 0.1) is 28.6 Å². The quantitative estimate of drug-likeness (QED) is 0.752. The zero-order valence-corrected chi connectivity index (χ0v) is 11.3. The van der Waals surface area contributed by atoms with Crippen molar-refractivity contribution in [1.82, 2.24) is 0 Å². The van der Waals surface area contributed by atoms with Crippen LogP contribution in [0.1, 0.15) is 20.8 Å². The van der Waals surface area contributed by atoms with Gasteiger partial charge in [0.05, 0.1) is 17.7 Å². The van der Waals surface area contributed by atoms with Crippen LogP contribution in [0.4, 0.5) is 0 Å². The monoisotopic (exact) mass is 254 g/mol. The second-order valence-corrected chi connectivity index (χ2v) is 5.29. The number of hydrogen-bond acceptors (Lipinski definition) is 4. The molecule has 0 spiro atoms. The lowest BCUT2D eigenvalue weighted by Gasteiger charge is -2.36. The van der Waals surface area contributed by atoms with Gasteiger partial charge in [-0.05, 0) is 26.2 Å². The van der Waals surface area contributed by atoms with E-state index in [1.807, 2.05) is 56.3 Å². The van der Waals surface area contributed by atoms with E-state index in [0.717, 1.165) is 5.46 Å². The van der Waals surface area contributed by atoms with Crippen LogP contribution < -0.4 is 5.46 Å². The number of nitrogens with zero attached hydrogens (tertiary/aromatic N) is 2. The van der Waals surface area contributed by atoms with Crippen LogP contribution >= 0.6 is 0 Å². The van der Waals surface area contributed by atoms with Crippen LogP contribution in [0.2, 0.25) is 0 Å². The molecule has 0 N–H and O–H groups in total. The minimum Gasteiger partial charge on any atom is -0.399 e. The summed E-state index contributed by atoms with van der Waals surface area (Å²) in [5.41, 5.74) is -0.797. The third kappa shape index (κ3) is 2.12. The molecule has 1 atom stereocenters. The molecule has 0 bridgehead atoms. The van der Waals surface area contributed by atoms with E-state index in [0.29, 0.717) is 0 Å². The highest BCUT2D eigenvalue weighted by atomic mass is 16.7. The number of benzene rings is 1. The van der Waals surface area contributed by atoms with Gasteiger partial charge in [0.2, 0.25) is 0 Å². The smallest absolute Gasteiger partial charge is 0.399 e. The summed E-state index contributed by atoms with van der Waals surface area (Å²) in [4.78, 5) is 0. The molecular formula is C14H15BN2O2. The molecule has 96 valence electrons. The fourth-order valence-electron chi connectivity index (χ4n) is 2.21. The molecule has 1 aromatic carbocycles. The average molecular weight is 254 g/mol. The van der Waals surface area contributed by atoms with E-state index >= 15 is 0 Å². The molecule has 1 aromatic rings. The molecule has 5 heteroatoms. The fourth-order valence-corrected chi connectivity index (χ4v) is 2.21. The Hall–Kier alpha value is -1.82. The first-order valence-corrected chi connectivity index (χ1v) is 6.14. The predicted molar refractivity (Wildman–Crippen MR) is 71.2 cm³/mol. The molecule has 4 nitrogen and oxygen atoms in total. The minimum absolute atomic E-state index is 0.551. The van der Waals surface area contributed by atoms with E-state index < -0.39 is 24.2 Å². The van der Waals surface area contributed by atoms with Crippen molar-refractivity contribution in [2.75, 3.05) is 0 Å². The molecule has 0 aromatic heterocycles. The van der Waals surface area contributed by atoms with Crippen LogP contribution in [-0.4, -0.2) is 18.3 Å². The van der Waals surface area contributed by atoms with Gasteiger partial charge in [-0.25, -0.2) is 0 Å². The summed E-state index contributed by atoms with van der Waals surface area (Å²) >= 11 is 0. The topological polar surface area (TPSA) is 66.0 Å². The molecule has 1 aliphatic heterocycles. The second kappa shape index (κ2) is 4.70. The summed E-state index contributed by atoms with van der Waals surface area (Å²) in [6, 6.07) is 13.5. The van der Waals surface area contributed by atoms with Crippen LogP contribution in [0.25, 0.3) is 0 Å². The second-order valence-electron chi connectivity index (χ2n) is 5.29. The Kier molecular flexibility index (Phi) is 3.37. The van der Waals surface area contributed by atoms with E-state index in [9.17, 15) is 0 Å². The first-order chi connectivity index (χ1) is 8.94. The summed E-state index contributed by atoms with van der Waals surface area (Å²) in [5, 5.41) is 18.3. The molecule has 1 fully saturated rings. The largest absolute Gasteiger partial charge is 0.494 e. The SMILES string of the molecule is CC1(C)OB(c2ccccc2)OC1(C)C(C#N)C#N. The molecule has 0 aliphatic carbocycles. The maximum atomic E-state index is 9.13. The van der Waals surface area contributed by atoms with Crippen LogP contribution in [0.5, 0.6) is 0 Å². The predicted octanol–water partition coefficient (Wildman–Crippen LogP) is 1.63. The van der Waals surface area contributed by atoms with Crippen molar-refractivity contribution in [3.8, 4) is 12.1 Å². The summed E-state index contributed by atoms with van der Waals surface area (Å²) in [7, 11) is -0.551. The molecule has 0 saturated carbocycles. The highest BCUT2D eigenvalue weighted by Gasteiger charge is 2.59. The van der Waals surface area contributed by atoms with Gasteiger partial charge < -0.3 is 9.31 Å². The van der Waals surface area contributed by atoms with Crippen molar-refractivity contribution < 1.29 is 9.31 Å². The van der Waals surface area contributed by atoms with Crippen molar-refractivity contribution in [1.29, 1.82) is 10.5 Å². The van der Waals surface area contributed by atoms with Crippen molar-refractivity contribution in [2.45, 2.75) is 32.0 Å². The van der Waals surface area contributed by atoms with Gasteiger partial charge in [-0.2, -0.15) is 10.5 Å². The molecule has 1 saturated heterocycles. The molecule has 0 amide bonds. The zero-order chi connectivity index (χ0) is 14.1. The molecule has 19 heavy (non-hydrogen) atoms. The van der Waals surface area contributed by atoms with Gasteiger partial charge in [-0.3, -0.25) is 0 Å². The van der Waals surface area contributed by atoms with E-state index in [1.165, 1.54) is 0 Å². The Morgan fingerprint density at radius 2 is 1.63 bits per heavy atom. The lowest BCUT2D eigenvalue weighted by atomic mass is 9.78. The lowest BCUT2D eigenvalue weighted by molar-refractivity contribution is -0.0244. The van der Waals surface area contributed by atoms with Gasteiger partial charge in [0.1, 0.15) is 5.60 Å². The van der Waals surface area contributed by atoms with Crippen molar-refractivity contribution in [3.05, 3.63) is 30.3 Å². The first kappa shape index (κ1) is 13.6. The van der Waals surface area contributed by atoms with Crippen LogP contribution in [0.15, 0.2) is 30.3 Å². The Morgan fingerprint density at radius 1 is 1.05 bits per heavy atom. The Bertz CT molecular complexity index is 533. The molecule has 1 aliphatic rings. The van der Waals surface area contributed by atoms with E-state index in [2.05, 4.69) is 0 Å². The summed E-state index contributed by atoms with van der Waals surface area (Å²) in [5.74, 6) is -0.879. The zero-order valence-electron chi connectivity index (χ0n) is 11.3. The van der Waals surface area contributed by atoms with E-state index in [-0.39, 0.29) is 0 Å². The molecule has 0 radical (unpaired) electrons. The highest BCUT2D eigenvalue weighted by molar-refractivity contribution is 6.62. The maximum absolute atomic E-state index is 9.13. The Morgan fingerprint density at radius 3 is 2.16 bits per heavy atom. The highest BCUT2D eigenvalue weighted by Crippen LogP contribution is 2.42. The third-order valence-corrected chi connectivity index (χ3v) is 3.83. The van der Waals surface area contributed by atoms with Crippen LogP contribution in [-0.2, 0) is 9.31 Å². The molecular weight excluding hydrogens is 239 g/mol. The molecule has 1 heterocycles. The van der Waals surface area contributed by atoms with E-state index in [1.54, 1.807) is 6.92 Å². The summed E-state index contributed by atoms with van der Waals surface area (Å²) < 4.78 is 11.8. The minimum atomic E-state index is -0.961. The summed E-state index contributed by atoms with van der Waals surface area (Å²) in [6.45, 7) is 5.45. The first-order valence-electron chi connectivity index (χ1n) is 6.14. The average Bonchev–Trinajstić information content (AvgIpc) is 2.63. The van der Waals surface area contributed by atoms with Crippen molar-refractivity contribution in [2.24, 2.45) is 5.92 Å². The van der Waals surface area contributed by atoms with E-state index in [4.69, 9.17) is 19.8 Å². The number of hydrogen-bond donors (Lipinski definition) is 0. The van der Waals surface area contributed by atoms with Gasteiger partial charge in [0, 0.05) is 0 Å². The lowest BCUT2D eigenvalue weighted by Crippen LogP contribution is -2.50. The van der Waals surface area contributed by atoms with Crippen molar-refractivity contribution >= 4 is 12.6 Å². The number of rotatable bonds is 2. The van der Waals surface area contributed by atoms with Gasteiger partial charge >= 0.3 is 7.12 Å².